The molecule has 2 saturated heterocycles. The standard InChI is InChI=1S/C35H46FN7O5/c1-22-18-23(19-28-30(22)38-33(45)37-28)20-29(32(44)41-16-14-40(15-17-41)25-7-3-2-4-8-25)48-35(47)42-12-10-26(11-13-42)43-21-24-6-5-9-27(36)31(24)39-34(43)46/h5-6,9,18-19,25-26,29,34,39,46H,2-4,7-8,10-17,20-21H2,1H3,(H2,37,38,45). The Morgan fingerprint density at radius 1 is 0.958 bits per heavy atom. The molecule has 48 heavy (non-hydrogen) atoms. The minimum absolute atomic E-state index is 0.0240. The van der Waals surface area contributed by atoms with E-state index in [1.807, 2.05) is 34.9 Å². The number of rotatable bonds is 6. The zero-order valence-corrected chi connectivity index (χ0v) is 27.5. The van der Waals surface area contributed by atoms with Crippen LogP contribution in [0.5, 0.6) is 0 Å². The number of piperazine rings is 1. The maximum atomic E-state index is 14.3. The fourth-order valence-corrected chi connectivity index (χ4v) is 8.12. The summed E-state index contributed by atoms with van der Waals surface area (Å²) in [5.41, 5.74) is 3.83. The Bertz CT molecular complexity index is 1690. The molecule has 1 saturated carbocycles. The molecule has 0 radical (unpaired) electrons. The minimum atomic E-state index is -1.03. The Balaban J connectivity index is 1.02. The lowest BCUT2D eigenvalue weighted by atomic mass is 9.94. The first-order valence-corrected chi connectivity index (χ1v) is 17.4. The lowest BCUT2D eigenvalue weighted by Gasteiger charge is -2.43. The molecule has 4 N–H and O–H groups in total. The molecular formula is C35H46FN7O5. The number of fused-ring (bicyclic) bond motifs is 2. The number of H-pyrrole nitrogens is 2. The van der Waals surface area contributed by atoms with Gasteiger partial charge in [-0.1, -0.05) is 37.5 Å². The largest absolute Gasteiger partial charge is 0.436 e. The van der Waals surface area contributed by atoms with Gasteiger partial charge in [0.2, 0.25) is 0 Å². The van der Waals surface area contributed by atoms with E-state index >= 15 is 0 Å². The van der Waals surface area contributed by atoms with Crippen molar-refractivity contribution in [3.8, 4) is 0 Å². The van der Waals surface area contributed by atoms with Crippen LogP contribution in [-0.4, -0.2) is 110 Å². The Morgan fingerprint density at radius 3 is 2.46 bits per heavy atom. The SMILES string of the molecule is Cc1cc(CC(OC(=O)N2CCC(N3Cc4cccc(F)c4NC3O)CC2)C(=O)N2CCN(C3CCCCC3)CC2)cc2[nH]c(=O)[nH]c12. The quantitative estimate of drug-likeness (QED) is 0.315. The molecule has 3 fully saturated rings. The number of nitrogens with one attached hydrogen (secondary N) is 3. The van der Waals surface area contributed by atoms with E-state index in [0.29, 0.717) is 68.3 Å². The predicted molar refractivity (Wildman–Crippen MR) is 179 cm³/mol. The van der Waals surface area contributed by atoms with Crippen molar-refractivity contribution in [2.75, 3.05) is 44.6 Å². The lowest BCUT2D eigenvalue weighted by molar-refractivity contribution is -0.143. The number of nitrogens with zero attached hydrogens (tertiary/aromatic N) is 4. The van der Waals surface area contributed by atoms with E-state index < -0.39 is 24.4 Å². The van der Waals surface area contributed by atoms with Crippen molar-refractivity contribution in [2.24, 2.45) is 0 Å². The maximum absolute atomic E-state index is 14.3. The van der Waals surface area contributed by atoms with Crippen LogP contribution in [0, 0.1) is 12.7 Å². The monoisotopic (exact) mass is 663 g/mol. The molecule has 3 aromatic rings. The number of hydrogen-bond donors (Lipinski definition) is 4. The highest BCUT2D eigenvalue weighted by atomic mass is 19.1. The van der Waals surface area contributed by atoms with E-state index in [1.165, 1.54) is 38.2 Å². The zero-order chi connectivity index (χ0) is 33.4. The summed E-state index contributed by atoms with van der Waals surface area (Å²) in [6, 6.07) is 9.20. The van der Waals surface area contributed by atoms with Gasteiger partial charge in [-0.05, 0) is 61.4 Å². The third-order valence-electron chi connectivity index (χ3n) is 10.8. The number of aliphatic hydroxyl groups is 1. The van der Waals surface area contributed by atoms with Gasteiger partial charge in [-0.3, -0.25) is 14.6 Å². The number of amides is 2. The van der Waals surface area contributed by atoms with Gasteiger partial charge in [-0.25, -0.2) is 14.0 Å². The summed E-state index contributed by atoms with van der Waals surface area (Å²) in [4.78, 5) is 53.1. The number of piperidine rings is 1. The number of hydrogen-bond acceptors (Lipinski definition) is 8. The molecule has 2 amide bonds. The van der Waals surface area contributed by atoms with Crippen LogP contribution in [0.2, 0.25) is 0 Å². The van der Waals surface area contributed by atoms with Crippen molar-refractivity contribution in [2.45, 2.75) is 89.4 Å². The van der Waals surface area contributed by atoms with E-state index in [4.69, 9.17) is 4.74 Å². The molecule has 3 aliphatic heterocycles. The lowest BCUT2D eigenvalue weighted by Crippen LogP contribution is -2.56. The fraction of sp³-hybridized carbons (Fsp3) is 0.571. The molecule has 1 aliphatic carbocycles. The van der Waals surface area contributed by atoms with Crippen LogP contribution in [0.25, 0.3) is 11.0 Å². The summed E-state index contributed by atoms with van der Waals surface area (Å²) in [5, 5.41) is 13.6. The van der Waals surface area contributed by atoms with Crippen molar-refractivity contribution < 1.29 is 23.8 Å². The highest BCUT2D eigenvalue weighted by Gasteiger charge is 2.37. The van der Waals surface area contributed by atoms with E-state index in [-0.39, 0.29) is 24.1 Å². The summed E-state index contributed by atoms with van der Waals surface area (Å²) in [7, 11) is 0. The van der Waals surface area contributed by atoms with E-state index in [9.17, 15) is 23.9 Å². The summed E-state index contributed by atoms with van der Waals surface area (Å²) in [6.07, 6.45) is 5.05. The van der Waals surface area contributed by atoms with Crippen LogP contribution < -0.4 is 11.0 Å². The van der Waals surface area contributed by atoms with Gasteiger partial charge in [-0.2, -0.15) is 0 Å². The number of carbonyl (C=O) groups is 2. The van der Waals surface area contributed by atoms with Gasteiger partial charge in [0.25, 0.3) is 5.91 Å². The van der Waals surface area contributed by atoms with Crippen LogP contribution in [0.4, 0.5) is 14.9 Å². The zero-order valence-electron chi connectivity index (χ0n) is 27.5. The van der Waals surface area contributed by atoms with E-state index in [1.54, 1.807) is 11.0 Å². The smallest absolute Gasteiger partial charge is 0.410 e. The molecule has 258 valence electrons. The van der Waals surface area contributed by atoms with Gasteiger partial charge in [0.15, 0.2) is 12.5 Å². The topological polar surface area (TPSA) is 137 Å². The number of carbonyl (C=O) groups excluding carboxylic acids is 2. The molecule has 2 unspecified atom stereocenters. The summed E-state index contributed by atoms with van der Waals surface area (Å²) in [6.45, 7) is 5.92. The van der Waals surface area contributed by atoms with Crippen LogP contribution >= 0.6 is 0 Å². The Hall–Kier alpha value is -3.94. The second-order valence-electron chi connectivity index (χ2n) is 13.8. The molecule has 7 rings (SSSR count). The van der Waals surface area contributed by atoms with Gasteiger partial charge < -0.3 is 34.9 Å². The first-order valence-electron chi connectivity index (χ1n) is 17.4. The van der Waals surface area contributed by atoms with E-state index in [2.05, 4.69) is 20.2 Å². The van der Waals surface area contributed by atoms with Gasteiger partial charge in [-0.15, -0.1) is 0 Å². The molecule has 12 nitrogen and oxygen atoms in total. The van der Waals surface area contributed by atoms with Crippen molar-refractivity contribution >= 4 is 28.7 Å². The van der Waals surface area contributed by atoms with Crippen molar-refractivity contribution in [1.29, 1.82) is 0 Å². The highest BCUT2D eigenvalue weighted by molar-refractivity contribution is 5.85. The highest BCUT2D eigenvalue weighted by Crippen LogP contribution is 2.31. The van der Waals surface area contributed by atoms with Gasteiger partial charge in [0.1, 0.15) is 5.82 Å². The maximum Gasteiger partial charge on any atom is 0.410 e. The summed E-state index contributed by atoms with van der Waals surface area (Å²) < 4.78 is 20.3. The van der Waals surface area contributed by atoms with Gasteiger partial charge in [0.05, 0.1) is 16.7 Å². The number of halogens is 1. The van der Waals surface area contributed by atoms with Crippen molar-refractivity contribution in [1.82, 2.24) is 29.6 Å². The third-order valence-corrected chi connectivity index (χ3v) is 10.8. The van der Waals surface area contributed by atoms with Crippen molar-refractivity contribution in [3.05, 3.63) is 63.3 Å². The first kappa shape index (κ1) is 32.6. The third kappa shape index (κ3) is 6.81. The molecule has 13 heteroatoms. The van der Waals surface area contributed by atoms with Crippen LogP contribution in [0.15, 0.2) is 35.1 Å². The molecule has 2 aromatic carbocycles. The second-order valence-corrected chi connectivity index (χ2v) is 13.8. The second kappa shape index (κ2) is 13.9. The molecule has 2 atom stereocenters. The average molecular weight is 664 g/mol. The van der Waals surface area contributed by atoms with Crippen LogP contribution in [0.1, 0.15) is 61.6 Å². The number of anilines is 1. The average Bonchev–Trinajstić information content (AvgIpc) is 3.49. The summed E-state index contributed by atoms with van der Waals surface area (Å²) in [5.74, 6) is -0.592. The molecule has 0 bridgehead atoms. The molecule has 4 heterocycles. The summed E-state index contributed by atoms with van der Waals surface area (Å²) >= 11 is 0. The Labute approximate surface area is 279 Å². The predicted octanol–water partition coefficient (Wildman–Crippen LogP) is 3.50. The van der Waals surface area contributed by atoms with E-state index in [0.717, 1.165) is 29.8 Å². The van der Waals surface area contributed by atoms with Gasteiger partial charge >= 0.3 is 11.8 Å². The van der Waals surface area contributed by atoms with Crippen LogP contribution in [0.3, 0.4) is 0 Å². The van der Waals surface area contributed by atoms with Gasteiger partial charge in [0, 0.05) is 64.3 Å². The van der Waals surface area contributed by atoms with Crippen molar-refractivity contribution in [3.63, 3.8) is 0 Å². The number of likely N-dealkylation sites (tertiary alicyclic amines) is 1. The molecule has 1 aromatic heterocycles. The number of benzene rings is 2. The molecule has 0 spiro atoms. The number of imidazole rings is 1. The number of aliphatic hydroxyl groups excluding tert-OH is 1. The Kier molecular flexibility index (Phi) is 9.43. The van der Waals surface area contributed by atoms with Crippen LogP contribution in [-0.2, 0) is 22.5 Å². The fourth-order valence-electron chi connectivity index (χ4n) is 8.12. The number of aromatic nitrogens is 2. The number of ether oxygens (including phenoxy) is 1. The minimum Gasteiger partial charge on any atom is -0.436 e. The number of aromatic amines is 2. The molecule has 4 aliphatic rings. The molecular weight excluding hydrogens is 617 g/mol. The normalized spacial score (nSPS) is 22.4. The number of para-hydroxylation sites is 1. The Morgan fingerprint density at radius 2 is 1.71 bits per heavy atom. The first-order chi connectivity index (χ1) is 23.2. The number of aryl methyl sites for hydroxylation is 1.